The number of rotatable bonds is 4. The molecule has 140 valence electrons. The number of amides is 1. The average molecular weight is 404 g/mol. The first-order chi connectivity index (χ1) is 13.1. The maximum Gasteiger partial charge on any atom is 0.231 e. The highest BCUT2D eigenvalue weighted by Crippen LogP contribution is 2.42. The largest absolute Gasteiger partial charge is 0.372 e. The van der Waals surface area contributed by atoms with Crippen LogP contribution in [0.2, 0.25) is 5.02 Å². The molecule has 1 atom stereocenters. The summed E-state index contributed by atoms with van der Waals surface area (Å²) >= 11 is 7.98. The minimum atomic E-state index is -0.475. The van der Waals surface area contributed by atoms with Gasteiger partial charge in [-0.25, -0.2) is 9.98 Å². The molecule has 3 N–H and O–H groups in total. The zero-order valence-electron chi connectivity index (χ0n) is 14.6. The van der Waals surface area contributed by atoms with Crippen LogP contribution in [-0.2, 0) is 22.7 Å². The summed E-state index contributed by atoms with van der Waals surface area (Å²) in [5, 5.41) is 5.36. The quantitative estimate of drug-likeness (QED) is 0.765. The van der Waals surface area contributed by atoms with Gasteiger partial charge in [0.2, 0.25) is 11.9 Å². The molecule has 0 fully saturated rings. The van der Waals surface area contributed by atoms with Gasteiger partial charge < -0.3 is 15.8 Å². The van der Waals surface area contributed by atoms with Crippen molar-refractivity contribution in [3.05, 3.63) is 46.0 Å². The van der Waals surface area contributed by atoms with Crippen LogP contribution in [0.3, 0.4) is 0 Å². The molecule has 7 nitrogen and oxygen atoms in total. The Labute approximate surface area is 165 Å². The number of hydrogen-bond acceptors (Lipinski definition) is 7. The van der Waals surface area contributed by atoms with Gasteiger partial charge in [-0.1, -0.05) is 29.8 Å². The Bertz CT molecular complexity index is 978. The minimum absolute atomic E-state index is 0.0881. The molecule has 1 amide bonds. The monoisotopic (exact) mass is 403 g/mol. The Balaban J connectivity index is 1.82. The third kappa shape index (κ3) is 3.36. The van der Waals surface area contributed by atoms with Gasteiger partial charge in [0.15, 0.2) is 6.17 Å². The Hall–Kier alpha value is -2.29. The van der Waals surface area contributed by atoms with E-state index in [0.29, 0.717) is 18.2 Å². The number of nitrogens with one attached hydrogen (secondary N) is 1. The first kappa shape index (κ1) is 18.1. The summed E-state index contributed by atoms with van der Waals surface area (Å²) in [6.45, 7) is 1.10. The molecule has 2 heterocycles. The van der Waals surface area contributed by atoms with Crippen LogP contribution < -0.4 is 11.1 Å². The van der Waals surface area contributed by atoms with Gasteiger partial charge >= 0.3 is 0 Å². The van der Waals surface area contributed by atoms with Crippen molar-refractivity contribution in [3.8, 4) is 0 Å². The Morgan fingerprint density at radius 1 is 1.44 bits per heavy atom. The number of hydrogen-bond donors (Lipinski definition) is 2. The molecule has 4 rings (SSSR count). The number of carbonyl (C=O) groups is 1. The maximum absolute atomic E-state index is 11.7. The molecule has 27 heavy (non-hydrogen) atoms. The van der Waals surface area contributed by atoms with Crippen molar-refractivity contribution in [1.82, 2.24) is 9.62 Å². The molecule has 2 aromatic carbocycles. The molecule has 0 radical (unpaired) electrons. The molecule has 2 aromatic rings. The van der Waals surface area contributed by atoms with E-state index in [2.05, 4.69) is 21.4 Å². The summed E-state index contributed by atoms with van der Waals surface area (Å²) in [7, 11) is 1.60. The summed E-state index contributed by atoms with van der Waals surface area (Å²) in [5.41, 5.74) is 8.90. The second-order valence-corrected chi connectivity index (χ2v) is 7.55. The Morgan fingerprint density at radius 2 is 2.26 bits per heavy atom. The van der Waals surface area contributed by atoms with Crippen LogP contribution >= 0.6 is 23.5 Å². The van der Waals surface area contributed by atoms with Crippen LogP contribution in [0.5, 0.6) is 0 Å². The van der Waals surface area contributed by atoms with Gasteiger partial charge in [-0.15, -0.1) is 0 Å². The number of benzene rings is 2. The van der Waals surface area contributed by atoms with Crippen molar-refractivity contribution >= 4 is 52.5 Å². The van der Waals surface area contributed by atoms with E-state index in [0.717, 1.165) is 27.5 Å². The fourth-order valence-corrected chi connectivity index (χ4v) is 4.45. The lowest BCUT2D eigenvalue weighted by Crippen LogP contribution is -2.30. The molecule has 1 unspecified atom stereocenters. The molecule has 0 saturated heterocycles. The normalized spacial score (nSPS) is 18.5. The summed E-state index contributed by atoms with van der Waals surface area (Å²) in [4.78, 5) is 20.3. The van der Waals surface area contributed by atoms with Gasteiger partial charge in [-0.2, -0.15) is 0 Å². The molecule has 0 bridgehead atoms. The predicted molar refractivity (Wildman–Crippen MR) is 109 cm³/mol. The predicted octanol–water partition coefficient (Wildman–Crippen LogP) is 2.57. The number of nitrogens with zero attached hydrogens (tertiary/aromatic N) is 3. The van der Waals surface area contributed by atoms with E-state index in [1.165, 1.54) is 11.9 Å². The molecule has 0 spiro atoms. The van der Waals surface area contributed by atoms with Gasteiger partial charge in [0.1, 0.15) is 6.34 Å². The highest BCUT2D eigenvalue weighted by molar-refractivity contribution is 7.98. The molecule has 0 aliphatic carbocycles. The van der Waals surface area contributed by atoms with Crippen molar-refractivity contribution in [2.24, 2.45) is 15.7 Å². The minimum Gasteiger partial charge on any atom is -0.372 e. The van der Waals surface area contributed by atoms with Crippen molar-refractivity contribution in [3.63, 3.8) is 0 Å². The fourth-order valence-electron chi connectivity index (χ4n) is 3.30. The topological polar surface area (TPSA) is 92.3 Å². The van der Waals surface area contributed by atoms with Crippen LogP contribution in [0.1, 0.15) is 22.9 Å². The first-order valence-corrected chi connectivity index (χ1v) is 9.70. The standard InChI is InChI=1S/C18H18ClN5O2S/c1-21-14(25)8-27-24-9-22-18(20)23-17(24)16-12-4-2-3-10-6-26-7-11(15(10)12)5-13(16)19/h2-5,9,17H,6-8H2,1H3,(H2,20,23)(H,21,25). The SMILES string of the molecule is CNC(=O)CSN1C=NC(N)=NC1c1c(Cl)cc2c3c(cccc13)COC2. The first-order valence-electron chi connectivity index (χ1n) is 8.38. The van der Waals surface area contributed by atoms with Crippen LogP contribution in [0.15, 0.2) is 34.3 Å². The molecule has 9 heteroatoms. The van der Waals surface area contributed by atoms with E-state index < -0.39 is 6.17 Å². The zero-order valence-corrected chi connectivity index (χ0v) is 16.2. The van der Waals surface area contributed by atoms with Gasteiger partial charge in [0, 0.05) is 17.6 Å². The van der Waals surface area contributed by atoms with Crippen molar-refractivity contribution in [2.45, 2.75) is 19.4 Å². The number of aliphatic imine (C=N–C) groups is 2. The molecule has 2 aliphatic heterocycles. The van der Waals surface area contributed by atoms with Crippen LogP contribution in [0, 0.1) is 0 Å². The second kappa shape index (κ2) is 7.38. The third-order valence-corrected chi connectivity index (χ3v) is 5.81. The lowest BCUT2D eigenvalue weighted by atomic mass is 9.93. The van der Waals surface area contributed by atoms with E-state index in [1.807, 2.05) is 18.2 Å². The smallest absolute Gasteiger partial charge is 0.231 e. The number of halogens is 1. The molecule has 0 saturated carbocycles. The molecular formula is C18H18ClN5O2S. The lowest BCUT2D eigenvalue weighted by Gasteiger charge is -2.30. The van der Waals surface area contributed by atoms with Gasteiger partial charge in [-0.3, -0.25) is 9.10 Å². The van der Waals surface area contributed by atoms with Crippen molar-refractivity contribution in [1.29, 1.82) is 0 Å². The van der Waals surface area contributed by atoms with Gasteiger partial charge in [0.25, 0.3) is 0 Å². The second-order valence-electron chi connectivity index (χ2n) is 6.18. The van der Waals surface area contributed by atoms with Crippen molar-refractivity contribution in [2.75, 3.05) is 12.8 Å². The summed E-state index contributed by atoms with van der Waals surface area (Å²) in [6, 6.07) is 8.01. The van der Waals surface area contributed by atoms with E-state index in [9.17, 15) is 4.79 Å². The highest BCUT2D eigenvalue weighted by atomic mass is 35.5. The Morgan fingerprint density at radius 3 is 3.07 bits per heavy atom. The van der Waals surface area contributed by atoms with E-state index in [1.54, 1.807) is 17.7 Å². The van der Waals surface area contributed by atoms with E-state index in [-0.39, 0.29) is 17.6 Å². The highest BCUT2D eigenvalue weighted by Gasteiger charge is 2.28. The Kier molecular flexibility index (Phi) is 4.94. The summed E-state index contributed by atoms with van der Waals surface area (Å²) in [6.07, 6.45) is 1.12. The average Bonchev–Trinajstić information content (AvgIpc) is 2.67. The van der Waals surface area contributed by atoms with Crippen LogP contribution in [0.4, 0.5) is 0 Å². The molecule has 0 aromatic heterocycles. The van der Waals surface area contributed by atoms with E-state index in [4.69, 9.17) is 22.1 Å². The third-order valence-electron chi connectivity index (χ3n) is 4.52. The molecular weight excluding hydrogens is 386 g/mol. The van der Waals surface area contributed by atoms with Gasteiger partial charge in [0.05, 0.1) is 19.0 Å². The molecule has 2 aliphatic rings. The number of ether oxygens (including phenoxy) is 1. The van der Waals surface area contributed by atoms with Crippen LogP contribution in [0.25, 0.3) is 10.8 Å². The van der Waals surface area contributed by atoms with Crippen LogP contribution in [-0.4, -0.2) is 35.3 Å². The summed E-state index contributed by atoms with van der Waals surface area (Å²) < 4.78 is 7.46. The number of nitrogens with two attached hydrogens (primary N) is 1. The number of carbonyl (C=O) groups excluding carboxylic acids is 1. The van der Waals surface area contributed by atoms with Crippen molar-refractivity contribution < 1.29 is 9.53 Å². The maximum atomic E-state index is 11.7. The zero-order chi connectivity index (χ0) is 19.0. The summed E-state index contributed by atoms with van der Waals surface area (Å²) in [5.74, 6) is 0.327. The van der Waals surface area contributed by atoms with E-state index >= 15 is 0 Å². The number of guanidine groups is 1. The van der Waals surface area contributed by atoms with Gasteiger partial charge in [-0.05, 0) is 39.9 Å². The lowest BCUT2D eigenvalue weighted by molar-refractivity contribution is -0.118. The fraction of sp³-hybridized carbons (Fsp3) is 0.278.